The zero-order valence-corrected chi connectivity index (χ0v) is 12.8. The summed E-state index contributed by atoms with van der Waals surface area (Å²) in [6.07, 6.45) is -1.13. The van der Waals surface area contributed by atoms with Gasteiger partial charge in [-0.1, -0.05) is 6.07 Å². The number of phenolic OH excluding ortho intramolecular Hbond substituents is 2. The van der Waals surface area contributed by atoms with Crippen molar-refractivity contribution in [1.82, 2.24) is 0 Å². The van der Waals surface area contributed by atoms with Crippen LogP contribution < -0.4 is 14.2 Å². The number of ether oxygens (including phenoxy) is 3. The van der Waals surface area contributed by atoms with Gasteiger partial charge >= 0.3 is 0 Å². The molecule has 0 unspecified atom stereocenters. The Hall–Kier alpha value is -2.60. The van der Waals surface area contributed by atoms with Crippen LogP contribution in [0.3, 0.4) is 0 Å². The van der Waals surface area contributed by atoms with Gasteiger partial charge in [-0.2, -0.15) is 0 Å². The Kier molecular flexibility index (Phi) is 3.92. The van der Waals surface area contributed by atoms with Gasteiger partial charge in [0.2, 0.25) is 0 Å². The highest BCUT2D eigenvalue weighted by atomic mass is 16.5. The van der Waals surface area contributed by atoms with Crippen LogP contribution in [-0.4, -0.2) is 35.6 Å². The second kappa shape index (κ2) is 5.89. The average molecular weight is 318 g/mol. The Morgan fingerprint density at radius 2 is 1.83 bits per heavy atom. The standard InChI is InChI=1S/C17H18O6/c1-21-10-6-15(22-2)11-8-14(20)17(23-16(11)7-10)9-3-4-12(18)13(19)5-9/h3-7,14,17-20H,8H2,1-2H3/t14-,17+/m0/s1. The topological polar surface area (TPSA) is 88.4 Å². The number of fused-ring (bicyclic) bond motifs is 1. The summed E-state index contributed by atoms with van der Waals surface area (Å²) < 4.78 is 16.5. The van der Waals surface area contributed by atoms with E-state index in [-0.39, 0.29) is 11.5 Å². The minimum absolute atomic E-state index is 0.220. The SMILES string of the molecule is COc1cc(OC)c2c(c1)O[C@H](c1ccc(O)c(O)c1)[C@@H](O)C2. The first-order valence-electron chi connectivity index (χ1n) is 7.15. The Labute approximate surface area is 133 Å². The van der Waals surface area contributed by atoms with Crippen molar-refractivity contribution in [3.63, 3.8) is 0 Å². The molecular weight excluding hydrogens is 300 g/mol. The van der Waals surface area contributed by atoms with Gasteiger partial charge in [0.1, 0.15) is 23.4 Å². The normalized spacial score (nSPS) is 19.6. The van der Waals surface area contributed by atoms with Gasteiger partial charge in [-0.25, -0.2) is 0 Å². The molecule has 6 heteroatoms. The monoisotopic (exact) mass is 318 g/mol. The largest absolute Gasteiger partial charge is 0.504 e. The number of rotatable bonds is 3. The van der Waals surface area contributed by atoms with Crippen LogP contribution in [-0.2, 0) is 6.42 Å². The molecule has 2 aromatic carbocycles. The molecule has 6 nitrogen and oxygen atoms in total. The lowest BCUT2D eigenvalue weighted by molar-refractivity contribution is 0.0197. The molecule has 0 amide bonds. The van der Waals surface area contributed by atoms with Gasteiger partial charge in [-0.15, -0.1) is 0 Å². The first-order chi connectivity index (χ1) is 11.0. The lowest BCUT2D eigenvalue weighted by atomic mass is 9.94. The number of aromatic hydroxyl groups is 2. The number of aliphatic hydroxyl groups is 1. The lowest BCUT2D eigenvalue weighted by Crippen LogP contribution is -2.30. The minimum Gasteiger partial charge on any atom is -0.504 e. The Morgan fingerprint density at radius 1 is 1.04 bits per heavy atom. The van der Waals surface area contributed by atoms with Crippen LogP contribution in [0.15, 0.2) is 30.3 Å². The summed E-state index contributed by atoms with van der Waals surface area (Å²) in [6.45, 7) is 0. The van der Waals surface area contributed by atoms with Crippen LogP contribution in [0.2, 0.25) is 0 Å². The molecule has 0 fully saturated rings. The smallest absolute Gasteiger partial charge is 0.157 e. The van der Waals surface area contributed by atoms with Crippen molar-refractivity contribution in [2.45, 2.75) is 18.6 Å². The summed E-state index contributed by atoms with van der Waals surface area (Å²) >= 11 is 0. The summed E-state index contributed by atoms with van der Waals surface area (Å²) in [5.41, 5.74) is 1.33. The molecular formula is C17H18O6. The highest BCUT2D eigenvalue weighted by Gasteiger charge is 2.32. The van der Waals surface area contributed by atoms with Crippen molar-refractivity contribution < 1.29 is 29.5 Å². The lowest BCUT2D eigenvalue weighted by Gasteiger charge is -2.32. The fraction of sp³-hybridized carbons (Fsp3) is 0.294. The third-order valence-electron chi connectivity index (χ3n) is 3.94. The minimum atomic E-state index is -0.811. The first kappa shape index (κ1) is 15.3. The maximum absolute atomic E-state index is 10.4. The summed E-state index contributed by atoms with van der Waals surface area (Å²) in [5.74, 6) is 1.26. The molecule has 23 heavy (non-hydrogen) atoms. The third kappa shape index (κ3) is 2.73. The van der Waals surface area contributed by atoms with Gasteiger partial charge in [0.05, 0.1) is 20.3 Å². The van der Waals surface area contributed by atoms with E-state index < -0.39 is 12.2 Å². The van der Waals surface area contributed by atoms with Crippen molar-refractivity contribution in [2.75, 3.05) is 14.2 Å². The van der Waals surface area contributed by atoms with Crippen molar-refractivity contribution >= 4 is 0 Å². The van der Waals surface area contributed by atoms with Crippen molar-refractivity contribution in [1.29, 1.82) is 0 Å². The Bertz CT molecular complexity index is 727. The molecule has 1 aliphatic heterocycles. The first-order valence-corrected chi connectivity index (χ1v) is 7.15. The molecule has 122 valence electrons. The van der Waals surface area contributed by atoms with E-state index in [1.807, 2.05) is 0 Å². The summed E-state index contributed by atoms with van der Waals surface area (Å²) in [7, 11) is 3.10. The second-order valence-electron chi connectivity index (χ2n) is 5.36. The molecule has 3 rings (SSSR count). The van der Waals surface area contributed by atoms with Crippen LogP contribution in [0.5, 0.6) is 28.7 Å². The van der Waals surface area contributed by atoms with E-state index in [1.54, 1.807) is 32.4 Å². The quantitative estimate of drug-likeness (QED) is 0.752. The van der Waals surface area contributed by atoms with Gasteiger partial charge in [0.15, 0.2) is 11.5 Å². The fourth-order valence-electron chi connectivity index (χ4n) is 2.74. The summed E-state index contributed by atoms with van der Waals surface area (Å²) in [5, 5.41) is 29.5. The van der Waals surface area contributed by atoms with Crippen LogP contribution in [0, 0.1) is 0 Å². The van der Waals surface area contributed by atoms with E-state index >= 15 is 0 Å². The molecule has 0 saturated carbocycles. The predicted molar refractivity (Wildman–Crippen MR) is 82.4 cm³/mol. The molecule has 1 heterocycles. The zero-order chi connectivity index (χ0) is 16.6. The van der Waals surface area contributed by atoms with Crippen molar-refractivity contribution in [3.8, 4) is 28.7 Å². The molecule has 0 aromatic heterocycles. The maximum atomic E-state index is 10.4. The molecule has 0 radical (unpaired) electrons. The van der Waals surface area contributed by atoms with E-state index in [0.717, 1.165) is 5.56 Å². The van der Waals surface area contributed by atoms with Crippen LogP contribution in [0.1, 0.15) is 17.2 Å². The highest BCUT2D eigenvalue weighted by Crippen LogP contribution is 2.43. The van der Waals surface area contributed by atoms with Crippen molar-refractivity contribution in [3.05, 3.63) is 41.5 Å². The molecule has 0 spiro atoms. The molecule has 1 aliphatic rings. The maximum Gasteiger partial charge on any atom is 0.157 e. The summed E-state index contributed by atoms with van der Waals surface area (Å²) in [4.78, 5) is 0. The van der Waals surface area contributed by atoms with Gasteiger partial charge in [-0.3, -0.25) is 0 Å². The van der Waals surface area contributed by atoms with Crippen molar-refractivity contribution in [2.24, 2.45) is 0 Å². The molecule has 2 aromatic rings. The zero-order valence-electron chi connectivity index (χ0n) is 12.8. The third-order valence-corrected chi connectivity index (χ3v) is 3.94. The number of aliphatic hydroxyl groups excluding tert-OH is 1. The number of benzene rings is 2. The van der Waals surface area contributed by atoms with Crippen LogP contribution in [0.25, 0.3) is 0 Å². The molecule has 0 saturated heterocycles. The van der Waals surface area contributed by atoms with Gasteiger partial charge in [0, 0.05) is 24.1 Å². The number of methoxy groups -OCH3 is 2. The van der Waals surface area contributed by atoms with E-state index in [4.69, 9.17) is 14.2 Å². The second-order valence-corrected chi connectivity index (χ2v) is 5.36. The van der Waals surface area contributed by atoms with Gasteiger partial charge in [0.25, 0.3) is 0 Å². The van der Waals surface area contributed by atoms with E-state index in [2.05, 4.69) is 0 Å². The van der Waals surface area contributed by atoms with Crippen LogP contribution in [0.4, 0.5) is 0 Å². The Morgan fingerprint density at radius 3 is 2.48 bits per heavy atom. The van der Waals surface area contributed by atoms with Gasteiger partial charge < -0.3 is 29.5 Å². The number of hydrogen-bond acceptors (Lipinski definition) is 6. The van der Waals surface area contributed by atoms with Gasteiger partial charge in [-0.05, 0) is 17.7 Å². The molecule has 0 aliphatic carbocycles. The highest BCUT2D eigenvalue weighted by molar-refractivity contribution is 5.53. The van der Waals surface area contributed by atoms with Crippen LogP contribution >= 0.6 is 0 Å². The van der Waals surface area contributed by atoms with E-state index in [0.29, 0.717) is 29.2 Å². The van der Waals surface area contributed by atoms with E-state index in [9.17, 15) is 15.3 Å². The number of hydrogen-bond donors (Lipinski definition) is 3. The molecule has 0 bridgehead atoms. The molecule has 2 atom stereocenters. The predicted octanol–water partition coefficient (Wildman–Crippen LogP) is 2.15. The average Bonchev–Trinajstić information content (AvgIpc) is 2.56. The molecule has 3 N–H and O–H groups in total. The Balaban J connectivity index is 2.00. The summed E-state index contributed by atoms with van der Waals surface area (Å²) in [6, 6.07) is 7.82. The van der Waals surface area contributed by atoms with E-state index in [1.165, 1.54) is 12.1 Å². The number of phenols is 2. The fourth-order valence-corrected chi connectivity index (χ4v) is 2.74.